The van der Waals surface area contributed by atoms with Crippen LogP contribution in [0.25, 0.3) is 33.2 Å². The van der Waals surface area contributed by atoms with Crippen LogP contribution in [0, 0.1) is 30.6 Å². The molecule has 1 aromatic heterocycles. The smallest absolute Gasteiger partial charge is 0.200 e. The summed E-state index contributed by atoms with van der Waals surface area (Å²) >= 11 is 0. The molecule has 3 aliphatic carbocycles. The molecule has 0 radical (unpaired) electrons. The van der Waals surface area contributed by atoms with E-state index in [-0.39, 0.29) is 0 Å². The van der Waals surface area contributed by atoms with Crippen molar-refractivity contribution in [1.82, 2.24) is 0 Å². The average Bonchev–Trinajstić information content (AvgIpc) is 2.88. The number of fused-ring (bicyclic) bond motifs is 3. The fourth-order valence-electron chi connectivity index (χ4n) is 8.15. The topological polar surface area (TPSA) is 3.88 Å². The van der Waals surface area contributed by atoms with Gasteiger partial charge in [-0.05, 0) is 108 Å². The van der Waals surface area contributed by atoms with E-state index in [4.69, 9.17) is 0 Å². The Kier molecular flexibility index (Phi) is 5.08. The highest BCUT2D eigenvalue weighted by atomic mass is 14.9. The van der Waals surface area contributed by atoms with E-state index in [1.807, 2.05) is 0 Å². The van der Waals surface area contributed by atoms with Crippen LogP contribution in [0.5, 0.6) is 0 Å². The maximum absolute atomic E-state index is 2.55. The fraction of sp³-hybridized carbons (Fsp3) is 0.382. The Morgan fingerprint density at radius 3 is 2.49 bits per heavy atom. The zero-order chi connectivity index (χ0) is 23.5. The van der Waals surface area contributed by atoms with Crippen molar-refractivity contribution in [2.45, 2.75) is 51.4 Å². The number of pyridine rings is 1. The van der Waals surface area contributed by atoms with Crippen molar-refractivity contribution < 1.29 is 4.57 Å². The summed E-state index contributed by atoms with van der Waals surface area (Å²) in [6.07, 6.45) is 11.2. The van der Waals surface area contributed by atoms with Gasteiger partial charge in [-0.3, -0.25) is 0 Å². The lowest BCUT2D eigenvalue weighted by Gasteiger charge is -2.52. The highest BCUT2D eigenvalue weighted by Crippen LogP contribution is 2.57. The highest BCUT2D eigenvalue weighted by molar-refractivity contribution is 5.94. The monoisotopic (exact) mass is 458 g/mol. The minimum absolute atomic E-state index is 0.768. The van der Waals surface area contributed by atoms with E-state index < -0.39 is 0 Å². The number of aryl methyl sites for hydroxylation is 2. The predicted molar refractivity (Wildman–Crippen MR) is 145 cm³/mol. The van der Waals surface area contributed by atoms with Gasteiger partial charge in [0, 0.05) is 6.07 Å². The quantitative estimate of drug-likeness (QED) is 0.272. The van der Waals surface area contributed by atoms with Crippen LogP contribution in [-0.4, -0.2) is 0 Å². The van der Waals surface area contributed by atoms with Crippen LogP contribution in [0.4, 0.5) is 0 Å². The lowest BCUT2D eigenvalue weighted by molar-refractivity contribution is -0.659. The summed E-state index contributed by atoms with van der Waals surface area (Å²) in [6, 6.07) is 27.5. The molecule has 3 aliphatic rings. The maximum Gasteiger partial charge on any atom is 0.220 e. The van der Waals surface area contributed by atoms with E-state index in [2.05, 4.69) is 97.5 Å². The standard InChI is InChI=1S/C34H36N/c1-22-8-10-26(25-6-4-3-5-7-25)21-32(22)34-31-13-11-27(20-28(31)14-15-35(34)2)33-19-24-16-23-9-12-30(33)29(17-23)18-24/h3-8,10-11,13-15,20-21,23-24,29-30,33H,9,12,16-19H2,1-2H3/q+1. The summed E-state index contributed by atoms with van der Waals surface area (Å²) in [7, 11) is 2.19. The summed E-state index contributed by atoms with van der Waals surface area (Å²) < 4.78 is 2.31. The fourth-order valence-corrected chi connectivity index (χ4v) is 8.15. The first-order valence-corrected chi connectivity index (χ1v) is 13.7. The van der Waals surface area contributed by atoms with Crippen molar-refractivity contribution in [2.75, 3.05) is 0 Å². The molecule has 3 fully saturated rings. The Morgan fingerprint density at radius 1 is 0.743 bits per heavy atom. The van der Waals surface area contributed by atoms with Crippen molar-refractivity contribution in [3.63, 3.8) is 0 Å². The molecule has 0 saturated heterocycles. The zero-order valence-corrected chi connectivity index (χ0v) is 21.1. The second-order valence-corrected chi connectivity index (χ2v) is 11.8. The molecule has 1 heteroatoms. The van der Waals surface area contributed by atoms with Crippen LogP contribution in [0.15, 0.2) is 79.0 Å². The Balaban J connectivity index is 1.32. The third-order valence-corrected chi connectivity index (χ3v) is 9.75. The first-order chi connectivity index (χ1) is 17.1. The van der Waals surface area contributed by atoms with E-state index in [0.29, 0.717) is 0 Å². The van der Waals surface area contributed by atoms with Gasteiger partial charge in [0.1, 0.15) is 7.05 Å². The van der Waals surface area contributed by atoms with Gasteiger partial charge in [-0.25, -0.2) is 4.57 Å². The van der Waals surface area contributed by atoms with Crippen LogP contribution in [-0.2, 0) is 7.05 Å². The van der Waals surface area contributed by atoms with Crippen molar-refractivity contribution in [3.8, 4) is 22.4 Å². The van der Waals surface area contributed by atoms with E-state index in [9.17, 15) is 0 Å². The molecule has 3 saturated carbocycles. The molecule has 5 unspecified atom stereocenters. The Morgan fingerprint density at radius 2 is 1.60 bits per heavy atom. The second-order valence-electron chi connectivity index (χ2n) is 11.8. The molecule has 5 atom stereocenters. The van der Waals surface area contributed by atoms with Gasteiger partial charge in [-0.2, -0.15) is 0 Å². The highest BCUT2D eigenvalue weighted by Gasteiger charge is 2.45. The van der Waals surface area contributed by atoms with Gasteiger partial charge in [-0.1, -0.05) is 61.0 Å². The Hall–Kier alpha value is -2.93. The van der Waals surface area contributed by atoms with Crippen molar-refractivity contribution in [3.05, 3.63) is 90.1 Å². The minimum atomic E-state index is 0.768. The largest absolute Gasteiger partial charge is 0.220 e. The lowest BCUT2D eigenvalue weighted by Crippen LogP contribution is -2.41. The molecule has 0 aliphatic heterocycles. The van der Waals surface area contributed by atoms with Crippen molar-refractivity contribution >= 4 is 10.8 Å². The average molecular weight is 459 g/mol. The van der Waals surface area contributed by atoms with Gasteiger partial charge < -0.3 is 0 Å². The van der Waals surface area contributed by atoms with E-state index in [1.165, 1.54) is 77.2 Å². The second kappa shape index (κ2) is 8.33. The number of rotatable bonds is 3. The number of nitrogens with zero attached hydrogens (tertiary/aromatic N) is 1. The lowest BCUT2D eigenvalue weighted by atomic mass is 9.53. The summed E-state index contributed by atoms with van der Waals surface area (Å²) in [5.74, 6) is 4.71. The molecule has 35 heavy (non-hydrogen) atoms. The van der Waals surface area contributed by atoms with Gasteiger partial charge >= 0.3 is 0 Å². The zero-order valence-electron chi connectivity index (χ0n) is 21.1. The third-order valence-electron chi connectivity index (χ3n) is 9.75. The van der Waals surface area contributed by atoms with Crippen LogP contribution in [0.1, 0.15) is 55.6 Å². The molecule has 3 aromatic carbocycles. The van der Waals surface area contributed by atoms with Gasteiger partial charge in [0.15, 0.2) is 6.20 Å². The van der Waals surface area contributed by atoms with E-state index >= 15 is 0 Å². The Bertz CT molecular complexity index is 1400. The SMILES string of the molecule is Cc1ccc(-c2ccccc2)cc1-c1c2ccc(C3CC4CC5CCC3C(C5)C4)cc2cc[n+]1C. The van der Waals surface area contributed by atoms with Gasteiger partial charge in [0.2, 0.25) is 5.69 Å². The molecule has 7 rings (SSSR count). The van der Waals surface area contributed by atoms with Gasteiger partial charge in [-0.15, -0.1) is 0 Å². The van der Waals surface area contributed by atoms with Crippen LogP contribution < -0.4 is 4.57 Å². The summed E-state index contributed by atoms with van der Waals surface area (Å²) in [5, 5.41) is 2.76. The van der Waals surface area contributed by atoms with Crippen LogP contribution in [0.2, 0.25) is 0 Å². The predicted octanol–water partition coefficient (Wildman–Crippen LogP) is 8.24. The van der Waals surface area contributed by atoms with Gasteiger partial charge in [0.25, 0.3) is 0 Å². The first kappa shape index (κ1) is 21.4. The summed E-state index contributed by atoms with van der Waals surface area (Å²) in [6.45, 7) is 2.24. The molecular formula is C34H36N+. The molecule has 1 heterocycles. The first-order valence-electron chi connectivity index (χ1n) is 13.7. The number of hydrogen-bond acceptors (Lipinski definition) is 0. The summed E-state index contributed by atoms with van der Waals surface area (Å²) in [4.78, 5) is 0. The minimum Gasteiger partial charge on any atom is -0.200 e. The molecule has 0 N–H and O–H groups in total. The molecule has 0 spiro atoms. The maximum atomic E-state index is 2.55. The van der Waals surface area contributed by atoms with Crippen molar-refractivity contribution in [2.24, 2.45) is 30.7 Å². The molecule has 4 aromatic rings. The number of hydrogen-bond donors (Lipinski definition) is 0. The normalized spacial score (nSPS) is 27.3. The molecular weight excluding hydrogens is 422 g/mol. The molecule has 3 bridgehead atoms. The van der Waals surface area contributed by atoms with Crippen molar-refractivity contribution in [1.29, 1.82) is 0 Å². The van der Waals surface area contributed by atoms with Crippen LogP contribution >= 0.6 is 0 Å². The molecule has 0 amide bonds. The molecule has 1 nitrogen and oxygen atoms in total. The van der Waals surface area contributed by atoms with E-state index in [0.717, 1.165) is 29.6 Å². The van der Waals surface area contributed by atoms with E-state index in [1.54, 1.807) is 5.56 Å². The number of aromatic nitrogens is 1. The number of benzene rings is 3. The third kappa shape index (κ3) is 3.63. The van der Waals surface area contributed by atoms with Gasteiger partial charge in [0.05, 0.1) is 10.9 Å². The molecule has 176 valence electrons. The van der Waals surface area contributed by atoms with Crippen LogP contribution in [0.3, 0.4) is 0 Å². The Labute approximate surface area is 209 Å². The summed E-state index contributed by atoms with van der Waals surface area (Å²) in [5.41, 5.74) is 8.14.